The van der Waals surface area contributed by atoms with E-state index >= 15 is 0 Å². The quantitative estimate of drug-likeness (QED) is 0.858. The first-order valence-electron chi connectivity index (χ1n) is 6.05. The Morgan fingerprint density at radius 2 is 2.42 bits per heavy atom. The van der Waals surface area contributed by atoms with Crippen molar-refractivity contribution in [2.75, 3.05) is 12.4 Å². The number of carboxylic acid groups (broad SMARTS) is 1. The molecule has 0 aliphatic carbocycles. The molecule has 0 aromatic heterocycles. The molecule has 0 radical (unpaired) electrons. The number of ether oxygens (including phenoxy) is 1. The number of hydrogen-bond acceptors (Lipinski definition) is 4. The summed E-state index contributed by atoms with van der Waals surface area (Å²) >= 11 is 5.10. The number of thioether (sulfide) groups is 1. The molecule has 1 aliphatic heterocycles. The summed E-state index contributed by atoms with van der Waals surface area (Å²) in [5.74, 6) is 0.661. The summed E-state index contributed by atoms with van der Waals surface area (Å²) in [7, 11) is 0. The molecule has 1 saturated heterocycles. The van der Waals surface area contributed by atoms with E-state index in [1.165, 1.54) is 5.56 Å². The van der Waals surface area contributed by atoms with Gasteiger partial charge < -0.3 is 9.84 Å². The summed E-state index contributed by atoms with van der Waals surface area (Å²) in [6.07, 6.45) is 0.786. The van der Waals surface area contributed by atoms with E-state index in [0.29, 0.717) is 12.4 Å². The van der Waals surface area contributed by atoms with Gasteiger partial charge in [-0.1, -0.05) is 6.07 Å². The van der Waals surface area contributed by atoms with E-state index in [1.54, 1.807) is 11.8 Å². The molecule has 104 valence electrons. The van der Waals surface area contributed by atoms with Gasteiger partial charge in [0.1, 0.15) is 11.8 Å². The predicted molar refractivity (Wildman–Crippen MR) is 79.8 cm³/mol. The van der Waals surface area contributed by atoms with E-state index in [1.807, 2.05) is 25.1 Å². The maximum Gasteiger partial charge on any atom is 0.321 e. The SMILES string of the molecule is Cc1ccc(OCCC2NC(C(=O)O)CS2)c(Br)c1. The number of aryl methyl sites for hydroxylation is 1. The van der Waals surface area contributed by atoms with Crippen molar-refractivity contribution < 1.29 is 14.6 Å². The van der Waals surface area contributed by atoms with Gasteiger partial charge in [0.15, 0.2) is 0 Å². The summed E-state index contributed by atoms with van der Waals surface area (Å²) in [5.41, 5.74) is 1.18. The number of carboxylic acids is 1. The molecule has 0 spiro atoms. The van der Waals surface area contributed by atoms with Gasteiger partial charge in [-0.25, -0.2) is 0 Å². The highest BCUT2D eigenvalue weighted by atomic mass is 79.9. The topological polar surface area (TPSA) is 58.6 Å². The maximum absolute atomic E-state index is 10.8. The summed E-state index contributed by atoms with van der Waals surface area (Å²) in [6, 6.07) is 5.53. The van der Waals surface area contributed by atoms with Gasteiger partial charge in [0.2, 0.25) is 0 Å². The first kappa shape index (κ1) is 14.7. The number of benzene rings is 1. The van der Waals surface area contributed by atoms with E-state index in [0.717, 1.165) is 16.6 Å². The molecule has 6 heteroatoms. The van der Waals surface area contributed by atoms with Crippen LogP contribution in [0.5, 0.6) is 5.75 Å². The minimum Gasteiger partial charge on any atom is -0.492 e. The van der Waals surface area contributed by atoms with Crippen LogP contribution in [0.15, 0.2) is 22.7 Å². The van der Waals surface area contributed by atoms with Crippen molar-refractivity contribution in [3.05, 3.63) is 28.2 Å². The second-order valence-electron chi connectivity index (χ2n) is 4.45. The zero-order chi connectivity index (χ0) is 13.8. The minimum absolute atomic E-state index is 0.158. The Labute approximate surface area is 125 Å². The molecule has 1 fully saturated rings. The van der Waals surface area contributed by atoms with Crippen LogP contribution in [0.2, 0.25) is 0 Å². The van der Waals surface area contributed by atoms with Gasteiger partial charge >= 0.3 is 5.97 Å². The predicted octanol–water partition coefficient (Wildman–Crippen LogP) is 2.64. The third kappa shape index (κ3) is 4.12. The van der Waals surface area contributed by atoms with Crippen LogP contribution in [0.1, 0.15) is 12.0 Å². The van der Waals surface area contributed by atoms with Gasteiger partial charge in [0.25, 0.3) is 0 Å². The van der Waals surface area contributed by atoms with Gasteiger partial charge in [-0.15, -0.1) is 11.8 Å². The summed E-state index contributed by atoms with van der Waals surface area (Å²) in [6.45, 7) is 2.60. The fourth-order valence-corrected chi connectivity index (χ4v) is 3.64. The third-order valence-corrected chi connectivity index (χ3v) is 4.79. The fourth-order valence-electron chi connectivity index (χ4n) is 1.84. The molecule has 2 rings (SSSR count). The van der Waals surface area contributed by atoms with Crippen molar-refractivity contribution in [1.29, 1.82) is 0 Å². The summed E-state index contributed by atoms with van der Waals surface area (Å²) in [4.78, 5) is 10.8. The van der Waals surface area contributed by atoms with Crippen LogP contribution in [0, 0.1) is 6.92 Å². The molecule has 4 nitrogen and oxygen atoms in total. The van der Waals surface area contributed by atoms with E-state index in [4.69, 9.17) is 9.84 Å². The zero-order valence-electron chi connectivity index (χ0n) is 10.6. The number of rotatable bonds is 5. The Bertz CT molecular complexity index is 469. The Hall–Kier alpha value is -0.720. The average molecular weight is 346 g/mol. The van der Waals surface area contributed by atoms with Crippen molar-refractivity contribution >= 4 is 33.7 Å². The second-order valence-corrected chi connectivity index (χ2v) is 6.54. The van der Waals surface area contributed by atoms with Crippen LogP contribution in [0.4, 0.5) is 0 Å². The van der Waals surface area contributed by atoms with Gasteiger partial charge in [-0.2, -0.15) is 0 Å². The lowest BCUT2D eigenvalue weighted by Gasteiger charge is -2.13. The van der Waals surface area contributed by atoms with E-state index in [9.17, 15) is 4.79 Å². The molecule has 1 aromatic rings. The molecule has 2 unspecified atom stereocenters. The Morgan fingerprint density at radius 1 is 1.63 bits per heavy atom. The van der Waals surface area contributed by atoms with Crippen LogP contribution >= 0.6 is 27.7 Å². The van der Waals surface area contributed by atoms with Crippen molar-refractivity contribution in [3.63, 3.8) is 0 Å². The Morgan fingerprint density at radius 3 is 3.05 bits per heavy atom. The smallest absolute Gasteiger partial charge is 0.321 e. The highest BCUT2D eigenvalue weighted by Crippen LogP contribution is 2.27. The van der Waals surface area contributed by atoms with Crippen LogP contribution in [0.25, 0.3) is 0 Å². The Balaban J connectivity index is 1.77. The molecule has 2 N–H and O–H groups in total. The first-order valence-corrected chi connectivity index (χ1v) is 7.90. The summed E-state index contributed by atoms with van der Waals surface area (Å²) in [5, 5.41) is 12.1. The molecule has 2 atom stereocenters. The van der Waals surface area contributed by atoms with Crippen molar-refractivity contribution in [2.24, 2.45) is 0 Å². The molecule has 19 heavy (non-hydrogen) atoms. The van der Waals surface area contributed by atoms with E-state index in [2.05, 4.69) is 21.2 Å². The van der Waals surface area contributed by atoms with E-state index < -0.39 is 12.0 Å². The molecular weight excluding hydrogens is 330 g/mol. The van der Waals surface area contributed by atoms with Crippen LogP contribution in [-0.2, 0) is 4.79 Å². The maximum atomic E-state index is 10.8. The molecule has 1 aromatic carbocycles. The molecule has 1 heterocycles. The lowest BCUT2D eigenvalue weighted by Crippen LogP contribution is -2.37. The van der Waals surface area contributed by atoms with E-state index in [-0.39, 0.29) is 5.37 Å². The highest BCUT2D eigenvalue weighted by Gasteiger charge is 2.28. The average Bonchev–Trinajstić information content (AvgIpc) is 2.81. The third-order valence-electron chi connectivity index (χ3n) is 2.87. The van der Waals surface area contributed by atoms with Gasteiger partial charge in [0.05, 0.1) is 16.5 Å². The molecular formula is C13H16BrNO3S. The fraction of sp³-hybridized carbons (Fsp3) is 0.462. The normalized spacial score (nSPS) is 22.4. The highest BCUT2D eigenvalue weighted by molar-refractivity contribution is 9.10. The number of nitrogens with one attached hydrogen (secondary N) is 1. The van der Waals surface area contributed by atoms with Crippen LogP contribution < -0.4 is 10.1 Å². The number of halogens is 1. The first-order chi connectivity index (χ1) is 9.06. The lowest BCUT2D eigenvalue weighted by molar-refractivity contribution is -0.138. The lowest BCUT2D eigenvalue weighted by atomic mass is 10.2. The standard InChI is InChI=1S/C13H16BrNO3S/c1-8-2-3-11(9(14)6-8)18-5-4-12-15-10(7-19-12)13(16)17/h2-3,6,10,12,15H,4-5,7H2,1H3,(H,16,17). The molecule has 0 amide bonds. The van der Waals surface area contributed by atoms with Crippen molar-refractivity contribution in [1.82, 2.24) is 5.32 Å². The van der Waals surface area contributed by atoms with Gasteiger partial charge in [-0.05, 0) is 40.5 Å². The van der Waals surface area contributed by atoms with Crippen LogP contribution in [-0.4, -0.2) is 34.9 Å². The number of aliphatic carboxylic acids is 1. The second kappa shape index (κ2) is 6.63. The molecule has 1 aliphatic rings. The minimum atomic E-state index is -0.780. The largest absolute Gasteiger partial charge is 0.492 e. The zero-order valence-corrected chi connectivity index (χ0v) is 13.0. The van der Waals surface area contributed by atoms with Crippen LogP contribution in [0.3, 0.4) is 0 Å². The molecule has 0 saturated carbocycles. The number of hydrogen-bond donors (Lipinski definition) is 2. The van der Waals surface area contributed by atoms with Crippen molar-refractivity contribution in [3.8, 4) is 5.75 Å². The number of carbonyl (C=O) groups is 1. The van der Waals surface area contributed by atoms with Gasteiger partial charge in [-0.3, -0.25) is 10.1 Å². The molecule has 0 bridgehead atoms. The monoisotopic (exact) mass is 345 g/mol. The summed E-state index contributed by atoms with van der Waals surface area (Å²) < 4.78 is 6.65. The Kier molecular flexibility index (Phi) is 5.13. The van der Waals surface area contributed by atoms with Gasteiger partial charge in [0, 0.05) is 12.2 Å². The van der Waals surface area contributed by atoms with Crippen molar-refractivity contribution in [2.45, 2.75) is 24.8 Å².